The van der Waals surface area contributed by atoms with Crippen LogP contribution in [0.2, 0.25) is 0 Å². The maximum atomic E-state index is 11.7. The topological polar surface area (TPSA) is 58.5 Å². The molecule has 1 N–H and O–H groups in total. The zero-order valence-corrected chi connectivity index (χ0v) is 11.4. The van der Waals surface area contributed by atoms with Gasteiger partial charge in [-0.05, 0) is 30.2 Å². The molecule has 0 atom stereocenters. The number of rotatable bonds is 4. The van der Waals surface area contributed by atoms with Gasteiger partial charge in [0.05, 0.1) is 4.90 Å². The number of benzene rings is 1. The maximum absolute atomic E-state index is 11.7. The Hall–Kier alpha value is -0.880. The summed E-state index contributed by atoms with van der Waals surface area (Å²) in [6.45, 7) is 3.83. The van der Waals surface area contributed by atoms with Crippen LogP contribution in [0.5, 0.6) is 0 Å². The van der Waals surface area contributed by atoms with Crippen LogP contribution in [-0.4, -0.2) is 14.6 Å². The Morgan fingerprint density at radius 1 is 1.31 bits per heavy atom. The van der Waals surface area contributed by atoms with E-state index in [1.54, 1.807) is 12.1 Å². The summed E-state index contributed by atoms with van der Waals surface area (Å²) < 4.78 is 24.2. The van der Waals surface area contributed by atoms with Crippen molar-refractivity contribution < 1.29 is 8.42 Å². The molecule has 0 aliphatic carbocycles. The Morgan fingerprint density at radius 3 is 2.38 bits per heavy atom. The molecule has 0 aromatic heterocycles. The van der Waals surface area contributed by atoms with Gasteiger partial charge in [-0.15, -0.1) is 0 Å². The van der Waals surface area contributed by atoms with Crippen molar-refractivity contribution in [3.05, 3.63) is 28.7 Å². The summed E-state index contributed by atoms with van der Waals surface area (Å²) in [5, 5.41) is 3.67. The van der Waals surface area contributed by atoms with Crippen LogP contribution in [0.4, 0.5) is 0 Å². The highest BCUT2D eigenvalue weighted by molar-refractivity contribution is 9.10. The van der Waals surface area contributed by atoms with E-state index >= 15 is 0 Å². The number of hydrazone groups is 1. The molecule has 4 nitrogen and oxygen atoms in total. The molecule has 0 aliphatic heterocycles. The van der Waals surface area contributed by atoms with Crippen LogP contribution >= 0.6 is 15.9 Å². The number of sulfonamides is 1. The molecule has 0 aliphatic rings. The second-order valence-corrected chi connectivity index (χ2v) is 6.15. The first-order valence-corrected chi connectivity index (χ1v) is 7.00. The molecule has 0 unspecified atom stereocenters. The Morgan fingerprint density at radius 2 is 1.88 bits per heavy atom. The minimum atomic E-state index is -3.54. The molecule has 0 bridgehead atoms. The highest BCUT2D eigenvalue weighted by Crippen LogP contribution is 2.14. The number of nitrogens with zero attached hydrogens (tertiary/aromatic N) is 1. The second-order valence-electron chi connectivity index (χ2n) is 3.57. The molecule has 1 rings (SSSR count). The summed E-state index contributed by atoms with van der Waals surface area (Å²) in [6, 6.07) is 6.36. The van der Waals surface area contributed by atoms with Crippen molar-refractivity contribution in [3.63, 3.8) is 0 Å². The van der Waals surface area contributed by atoms with Crippen LogP contribution < -0.4 is 4.83 Å². The molecule has 0 saturated carbocycles. The normalized spacial score (nSPS) is 12.2. The first-order chi connectivity index (χ1) is 7.42. The van der Waals surface area contributed by atoms with Crippen LogP contribution in [0.3, 0.4) is 0 Å². The summed E-state index contributed by atoms with van der Waals surface area (Å²) in [7, 11) is -3.54. The van der Waals surface area contributed by atoms with E-state index < -0.39 is 10.0 Å². The standard InChI is InChI=1S/C10H13BrN2O2S/c1-8(2)7-12-13-16(14,15)10-5-3-9(11)4-6-10/h3-8,13H,1-2H3/b12-7+. The summed E-state index contributed by atoms with van der Waals surface area (Å²) in [5.74, 6) is 0.201. The molecule has 0 radical (unpaired) electrons. The molecule has 6 heteroatoms. The first-order valence-electron chi connectivity index (χ1n) is 4.72. The summed E-state index contributed by atoms with van der Waals surface area (Å²) in [5.41, 5.74) is 0. The van der Waals surface area contributed by atoms with Crippen molar-refractivity contribution in [2.75, 3.05) is 0 Å². The third-order valence-corrected chi connectivity index (χ3v) is 3.44. The number of nitrogens with one attached hydrogen (secondary N) is 1. The highest BCUT2D eigenvalue weighted by atomic mass is 79.9. The summed E-state index contributed by atoms with van der Waals surface area (Å²) in [4.78, 5) is 2.34. The molecular formula is C10H13BrN2O2S. The molecule has 0 amide bonds. The van der Waals surface area contributed by atoms with Crippen LogP contribution in [0.25, 0.3) is 0 Å². The lowest BCUT2D eigenvalue weighted by atomic mass is 10.3. The molecule has 16 heavy (non-hydrogen) atoms. The molecule has 1 aromatic rings. The average molecular weight is 305 g/mol. The van der Waals surface area contributed by atoms with Gasteiger partial charge in [0, 0.05) is 10.7 Å². The summed E-state index contributed by atoms with van der Waals surface area (Å²) in [6.07, 6.45) is 1.54. The quantitative estimate of drug-likeness (QED) is 0.686. The van der Waals surface area contributed by atoms with Crippen molar-refractivity contribution in [3.8, 4) is 0 Å². The fourth-order valence-corrected chi connectivity index (χ4v) is 1.98. The minimum Gasteiger partial charge on any atom is -0.200 e. The predicted octanol–water partition coefficient (Wildman–Crippen LogP) is 2.37. The van der Waals surface area contributed by atoms with Gasteiger partial charge in [0.15, 0.2) is 0 Å². The molecule has 0 spiro atoms. The van der Waals surface area contributed by atoms with Crippen molar-refractivity contribution >= 4 is 32.2 Å². The van der Waals surface area contributed by atoms with E-state index in [1.807, 2.05) is 13.8 Å². The van der Waals surface area contributed by atoms with Gasteiger partial charge in [0.2, 0.25) is 0 Å². The van der Waals surface area contributed by atoms with Crippen molar-refractivity contribution in [2.45, 2.75) is 18.7 Å². The van der Waals surface area contributed by atoms with Gasteiger partial charge in [-0.25, -0.2) is 4.83 Å². The molecule has 0 fully saturated rings. The smallest absolute Gasteiger partial charge is 0.200 e. The lowest BCUT2D eigenvalue weighted by Gasteiger charge is -2.03. The van der Waals surface area contributed by atoms with E-state index in [0.717, 1.165) is 4.47 Å². The Bertz CT molecular complexity index is 466. The number of halogens is 1. The molecule has 0 heterocycles. The van der Waals surface area contributed by atoms with E-state index in [2.05, 4.69) is 25.9 Å². The van der Waals surface area contributed by atoms with E-state index in [1.165, 1.54) is 18.3 Å². The van der Waals surface area contributed by atoms with E-state index in [-0.39, 0.29) is 10.8 Å². The van der Waals surface area contributed by atoms with Crippen LogP contribution in [-0.2, 0) is 10.0 Å². The molecule has 0 saturated heterocycles. The average Bonchev–Trinajstić information content (AvgIpc) is 2.17. The van der Waals surface area contributed by atoms with Crippen LogP contribution in [0.15, 0.2) is 38.7 Å². The fourth-order valence-electron chi connectivity index (χ4n) is 0.915. The number of hydrogen-bond donors (Lipinski definition) is 1. The second kappa shape index (κ2) is 5.45. The van der Waals surface area contributed by atoms with Crippen LogP contribution in [0.1, 0.15) is 13.8 Å². The van der Waals surface area contributed by atoms with Gasteiger partial charge in [-0.3, -0.25) is 0 Å². The third-order valence-electron chi connectivity index (χ3n) is 1.67. The highest BCUT2D eigenvalue weighted by Gasteiger charge is 2.11. The van der Waals surface area contributed by atoms with E-state index in [4.69, 9.17) is 0 Å². The van der Waals surface area contributed by atoms with Crippen molar-refractivity contribution in [2.24, 2.45) is 11.0 Å². The van der Waals surface area contributed by atoms with Gasteiger partial charge >= 0.3 is 0 Å². The van der Waals surface area contributed by atoms with E-state index in [0.29, 0.717) is 0 Å². The van der Waals surface area contributed by atoms with E-state index in [9.17, 15) is 8.42 Å². The van der Waals surface area contributed by atoms with Gasteiger partial charge in [0.1, 0.15) is 0 Å². The molecule has 88 valence electrons. The van der Waals surface area contributed by atoms with Crippen molar-refractivity contribution in [1.29, 1.82) is 0 Å². The lowest BCUT2D eigenvalue weighted by Crippen LogP contribution is -2.18. The van der Waals surface area contributed by atoms with Crippen LogP contribution in [0, 0.1) is 5.92 Å². The zero-order chi connectivity index (χ0) is 12.2. The Balaban J connectivity index is 2.82. The SMILES string of the molecule is CC(C)/C=N/NS(=O)(=O)c1ccc(Br)cc1. The molecular weight excluding hydrogens is 292 g/mol. The van der Waals surface area contributed by atoms with Gasteiger partial charge in [-0.1, -0.05) is 29.8 Å². The maximum Gasteiger partial charge on any atom is 0.276 e. The summed E-state index contributed by atoms with van der Waals surface area (Å²) >= 11 is 3.24. The van der Waals surface area contributed by atoms with Gasteiger partial charge in [0.25, 0.3) is 10.0 Å². The predicted molar refractivity (Wildman–Crippen MR) is 67.8 cm³/mol. The molecule has 1 aromatic carbocycles. The fraction of sp³-hybridized carbons (Fsp3) is 0.300. The zero-order valence-electron chi connectivity index (χ0n) is 9.01. The monoisotopic (exact) mass is 304 g/mol. The lowest BCUT2D eigenvalue weighted by molar-refractivity contribution is 0.584. The number of hydrogen-bond acceptors (Lipinski definition) is 3. The largest absolute Gasteiger partial charge is 0.276 e. The van der Waals surface area contributed by atoms with Crippen molar-refractivity contribution in [1.82, 2.24) is 4.83 Å². The minimum absolute atomic E-state index is 0.191. The Kier molecular flexibility index (Phi) is 4.49. The van der Waals surface area contributed by atoms with Gasteiger partial charge in [-0.2, -0.15) is 13.5 Å². The Labute approximate surface area is 104 Å². The first kappa shape index (κ1) is 13.2. The third kappa shape index (κ3) is 3.94. The van der Waals surface area contributed by atoms with Gasteiger partial charge < -0.3 is 0 Å².